The zero-order chi connectivity index (χ0) is 11.4. The van der Waals surface area contributed by atoms with Crippen LogP contribution in [0.5, 0.6) is 0 Å². The monoisotopic (exact) mass is 224 g/mol. The highest BCUT2D eigenvalue weighted by molar-refractivity contribution is 5.81. The molecule has 1 saturated heterocycles. The van der Waals surface area contributed by atoms with Gasteiger partial charge in [0.25, 0.3) is 0 Å². The summed E-state index contributed by atoms with van der Waals surface area (Å²) in [5.74, 6) is 0.312. The van der Waals surface area contributed by atoms with Crippen LogP contribution < -0.4 is 5.32 Å². The van der Waals surface area contributed by atoms with Gasteiger partial charge in [-0.25, -0.2) is 0 Å². The van der Waals surface area contributed by atoms with E-state index in [1.165, 1.54) is 44.9 Å². The summed E-state index contributed by atoms with van der Waals surface area (Å²) in [6, 6.07) is 0.602. The Balaban J connectivity index is 1.78. The number of nitrogens with zero attached hydrogens (tertiary/aromatic N) is 1. The van der Waals surface area contributed by atoms with Crippen LogP contribution in [0.3, 0.4) is 0 Å². The molecule has 1 N–H and O–H groups in total. The number of hydrogen-bond donors (Lipinski definition) is 1. The Morgan fingerprint density at radius 3 is 2.38 bits per heavy atom. The molecule has 0 aromatic carbocycles. The highest BCUT2D eigenvalue weighted by Gasteiger charge is 2.25. The number of amides is 1. The molecular formula is C13H24N2O. The predicted octanol–water partition coefficient (Wildman–Crippen LogP) is 1.92. The second-order valence-corrected chi connectivity index (χ2v) is 5.26. The van der Waals surface area contributed by atoms with E-state index in [4.69, 9.17) is 0 Å². The van der Waals surface area contributed by atoms with Gasteiger partial charge in [-0.1, -0.05) is 12.8 Å². The molecule has 0 bridgehead atoms. The number of rotatable bonds is 3. The van der Waals surface area contributed by atoms with E-state index in [2.05, 4.69) is 5.32 Å². The fourth-order valence-electron chi connectivity index (χ4n) is 2.91. The Kier molecular flexibility index (Phi) is 4.22. The normalized spacial score (nSPS) is 24.7. The molecule has 3 heteroatoms. The molecule has 0 aromatic heterocycles. The van der Waals surface area contributed by atoms with Crippen molar-refractivity contribution in [3.8, 4) is 0 Å². The molecule has 0 unspecified atom stereocenters. The fraction of sp³-hybridized carbons (Fsp3) is 0.923. The highest BCUT2D eigenvalue weighted by Crippen LogP contribution is 2.18. The van der Waals surface area contributed by atoms with E-state index in [1.807, 2.05) is 11.8 Å². The number of likely N-dealkylation sites (tertiary alicyclic amines) is 1. The van der Waals surface area contributed by atoms with Crippen LogP contribution >= 0.6 is 0 Å². The maximum Gasteiger partial charge on any atom is 0.239 e. The molecule has 1 aliphatic heterocycles. The zero-order valence-electron chi connectivity index (χ0n) is 10.4. The largest absolute Gasteiger partial charge is 0.341 e. The van der Waals surface area contributed by atoms with Gasteiger partial charge >= 0.3 is 0 Å². The van der Waals surface area contributed by atoms with Gasteiger partial charge in [0.15, 0.2) is 0 Å². The van der Waals surface area contributed by atoms with Crippen molar-refractivity contribution in [1.82, 2.24) is 10.2 Å². The molecule has 2 aliphatic rings. The van der Waals surface area contributed by atoms with E-state index in [9.17, 15) is 4.79 Å². The standard InChI is InChI=1S/C13H24N2O/c1-11(14-12-7-3-4-8-12)13(16)15-9-5-2-6-10-15/h11-12,14H,2-10H2,1H3/t11-/m0/s1. The molecule has 92 valence electrons. The average molecular weight is 224 g/mol. The van der Waals surface area contributed by atoms with Gasteiger partial charge in [0.1, 0.15) is 0 Å². The number of carbonyl (C=O) groups excluding carboxylic acids is 1. The Labute approximate surface area is 98.6 Å². The summed E-state index contributed by atoms with van der Waals surface area (Å²) in [5.41, 5.74) is 0. The third-order valence-corrected chi connectivity index (χ3v) is 3.88. The summed E-state index contributed by atoms with van der Waals surface area (Å²) in [6.07, 6.45) is 8.79. The van der Waals surface area contributed by atoms with Crippen molar-refractivity contribution in [3.63, 3.8) is 0 Å². The van der Waals surface area contributed by atoms with Gasteiger partial charge in [-0.15, -0.1) is 0 Å². The molecule has 1 atom stereocenters. The van der Waals surface area contributed by atoms with E-state index in [-0.39, 0.29) is 6.04 Å². The Morgan fingerprint density at radius 2 is 1.75 bits per heavy atom. The van der Waals surface area contributed by atoms with Gasteiger partial charge < -0.3 is 10.2 Å². The topological polar surface area (TPSA) is 32.3 Å². The minimum Gasteiger partial charge on any atom is -0.341 e. The van der Waals surface area contributed by atoms with E-state index < -0.39 is 0 Å². The summed E-state index contributed by atoms with van der Waals surface area (Å²) >= 11 is 0. The fourth-order valence-corrected chi connectivity index (χ4v) is 2.91. The highest BCUT2D eigenvalue weighted by atomic mass is 16.2. The van der Waals surface area contributed by atoms with Crippen LogP contribution in [0.1, 0.15) is 51.9 Å². The van der Waals surface area contributed by atoms with Crippen molar-refractivity contribution < 1.29 is 4.79 Å². The molecule has 3 nitrogen and oxygen atoms in total. The lowest BCUT2D eigenvalue weighted by Crippen LogP contribution is -2.49. The molecular weight excluding hydrogens is 200 g/mol. The maximum absolute atomic E-state index is 12.1. The smallest absolute Gasteiger partial charge is 0.239 e. The number of hydrogen-bond acceptors (Lipinski definition) is 2. The van der Waals surface area contributed by atoms with Crippen LogP contribution in [0.15, 0.2) is 0 Å². The second kappa shape index (κ2) is 5.67. The first-order chi connectivity index (χ1) is 7.77. The number of carbonyl (C=O) groups is 1. The lowest BCUT2D eigenvalue weighted by atomic mass is 10.1. The van der Waals surface area contributed by atoms with Crippen LogP contribution in [0.25, 0.3) is 0 Å². The van der Waals surface area contributed by atoms with E-state index in [0.29, 0.717) is 11.9 Å². The lowest BCUT2D eigenvalue weighted by Gasteiger charge is -2.30. The van der Waals surface area contributed by atoms with Crippen molar-refractivity contribution in [2.75, 3.05) is 13.1 Å². The molecule has 2 rings (SSSR count). The van der Waals surface area contributed by atoms with Gasteiger partial charge in [0, 0.05) is 19.1 Å². The van der Waals surface area contributed by atoms with Gasteiger partial charge in [-0.05, 0) is 39.0 Å². The summed E-state index contributed by atoms with van der Waals surface area (Å²) < 4.78 is 0. The van der Waals surface area contributed by atoms with E-state index in [0.717, 1.165) is 13.1 Å². The molecule has 1 aliphatic carbocycles. The van der Waals surface area contributed by atoms with Crippen LogP contribution in [0.2, 0.25) is 0 Å². The van der Waals surface area contributed by atoms with Gasteiger partial charge in [-0.2, -0.15) is 0 Å². The first-order valence-corrected chi connectivity index (χ1v) is 6.82. The van der Waals surface area contributed by atoms with E-state index >= 15 is 0 Å². The van der Waals surface area contributed by atoms with Crippen LogP contribution in [0.4, 0.5) is 0 Å². The average Bonchev–Trinajstić information content (AvgIpc) is 2.82. The minimum atomic E-state index is 0.0150. The number of piperidine rings is 1. The van der Waals surface area contributed by atoms with Crippen molar-refractivity contribution in [3.05, 3.63) is 0 Å². The van der Waals surface area contributed by atoms with Crippen molar-refractivity contribution in [2.24, 2.45) is 0 Å². The quantitative estimate of drug-likeness (QED) is 0.794. The molecule has 2 fully saturated rings. The predicted molar refractivity (Wildman–Crippen MR) is 65.3 cm³/mol. The summed E-state index contributed by atoms with van der Waals surface area (Å²) in [5, 5.41) is 3.48. The Hall–Kier alpha value is -0.570. The van der Waals surface area contributed by atoms with Crippen molar-refractivity contribution in [2.45, 2.75) is 64.0 Å². The van der Waals surface area contributed by atoms with Crippen molar-refractivity contribution in [1.29, 1.82) is 0 Å². The molecule has 1 heterocycles. The van der Waals surface area contributed by atoms with Crippen LogP contribution in [0, 0.1) is 0 Å². The van der Waals surface area contributed by atoms with E-state index in [1.54, 1.807) is 0 Å². The van der Waals surface area contributed by atoms with Crippen molar-refractivity contribution >= 4 is 5.91 Å². The molecule has 16 heavy (non-hydrogen) atoms. The summed E-state index contributed by atoms with van der Waals surface area (Å²) in [6.45, 7) is 3.96. The molecule has 0 radical (unpaired) electrons. The van der Waals surface area contributed by atoms with Gasteiger partial charge in [-0.3, -0.25) is 4.79 Å². The third-order valence-electron chi connectivity index (χ3n) is 3.88. The molecule has 0 spiro atoms. The van der Waals surface area contributed by atoms with Gasteiger partial charge in [0.05, 0.1) is 6.04 Å². The zero-order valence-corrected chi connectivity index (χ0v) is 10.4. The second-order valence-electron chi connectivity index (χ2n) is 5.26. The SMILES string of the molecule is C[C@H](NC1CCCC1)C(=O)N1CCCCC1. The first kappa shape index (κ1) is 11.9. The molecule has 1 amide bonds. The summed E-state index contributed by atoms with van der Waals surface area (Å²) in [4.78, 5) is 14.2. The third kappa shape index (κ3) is 2.97. The molecule has 1 saturated carbocycles. The van der Waals surface area contributed by atoms with Gasteiger partial charge in [0.2, 0.25) is 5.91 Å². The van der Waals surface area contributed by atoms with Crippen LogP contribution in [-0.2, 0) is 4.79 Å². The first-order valence-electron chi connectivity index (χ1n) is 6.82. The Bertz CT molecular complexity index is 230. The number of nitrogens with one attached hydrogen (secondary N) is 1. The minimum absolute atomic E-state index is 0.0150. The Morgan fingerprint density at radius 1 is 1.12 bits per heavy atom. The molecule has 0 aromatic rings. The summed E-state index contributed by atoms with van der Waals surface area (Å²) in [7, 11) is 0. The maximum atomic E-state index is 12.1. The van der Waals surface area contributed by atoms with Crippen LogP contribution in [-0.4, -0.2) is 36.0 Å². The lowest BCUT2D eigenvalue weighted by molar-refractivity contribution is -0.134.